The summed E-state index contributed by atoms with van der Waals surface area (Å²) >= 11 is 0. The van der Waals surface area contributed by atoms with Crippen molar-refractivity contribution in [1.82, 2.24) is 10.2 Å². The number of nitrogens with zero attached hydrogens (tertiary/aromatic N) is 1. The quantitative estimate of drug-likeness (QED) is 0.673. The van der Waals surface area contributed by atoms with E-state index in [1.807, 2.05) is 19.1 Å². The lowest BCUT2D eigenvalue weighted by molar-refractivity contribution is -0.192. The second-order valence-electron chi connectivity index (χ2n) is 6.82. The zero-order chi connectivity index (χ0) is 21.6. The first-order valence-electron chi connectivity index (χ1n) is 9.13. The number of alkyl halides is 3. The first-order valence-corrected chi connectivity index (χ1v) is 9.13. The van der Waals surface area contributed by atoms with Crippen LogP contribution >= 0.6 is 0 Å². The van der Waals surface area contributed by atoms with Gasteiger partial charge in [-0.1, -0.05) is 0 Å². The van der Waals surface area contributed by atoms with E-state index in [9.17, 15) is 18.0 Å². The summed E-state index contributed by atoms with van der Waals surface area (Å²) in [6.07, 6.45) is -3.53. The highest BCUT2D eigenvalue weighted by atomic mass is 19.4. The number of furan rings is 1. The predicted octanol–water partition coefficient (Wildman–Crippen LogP) is 1.72. The molecule has 0 aliphatic carbocycles. The molecule has 29 heavy (non-hydrogen) atoms. The lowest BCUT2D eigenvalue weighted by atomic mass is 10.1. The van der Waals surface area contributed by atoms with Crippen LogP contribution in [-0.2, 0) is 25.6 Å². The van der Waals surface area contributed by atoms with Crippen molar-refractivity contribution in [3.05, 3.63) is 23.7 Å². The third kappa shape index (κ3) is 6.72. The van der Waals surface area contributed by atoms with Crippen LogP contribution in [0.5, 0.6) is 0 Å². The Kier molecular flexibility index (Phi) is 8.05. The van der Waals surface area contributed by atoms with Crippen LogP contribution in [0.1, 0.15) is 24.4 Å². The van der Waals surface area contributed by atoms with E-state index in [1.165, 1.54) is 0 Å². The van der Waals surface area contributed by atoms with E-state index in [0.29, 0.717) is 19.2 Å². The van der Waals surface area contributed by atoms with Gasteiger partial charge in [0.2, 0.25) is 5.91 Å². The highest BCUT2D eigenvalue weighted by Crippen LogP contribution is 2.34. The van der Waals surface area contributed by atoms with Crippen LogP contribution in [0.25, 0.3) is 0 Å². The van der Waals surface area contributed by atoms with Gasteiger partial charge in [0.25, 0.3) is 0 Å². The van der Waals surface area contributed by atoms with Crippen LogP contribution in [0.3, 0.4) is 0 Å². The molecule has 0 spiro atoms. The van der Waals surface area contributed by atoms with E-state index >= 15 is 0 Å². The molecule has 2 N–H and O–H groups in total. The molecule has 0 radical (unpaired) electrons. The fourth-order valence-corrected chi connectivity index (χ4v) is 3.36. The molecule has 2 saturated heterocycles. The molecule has 2 aliphatic rings. The van der Waals surface area contributed by atoms with Crippen LogP contribution in [0, 0.1) is 6.92 Å². The van der Waals surface area contributed by atoms with Crippen molar-refractivity contribution in [1.29, 1.82) is 0 Å². The molecule has 0 bridgehead atoms. The van der Waals surface area contributed by atoms with Crippen LogP contribution in [-0.4, -0.2) is 73.1 Å². The van der Waals surface area contributed by atoms with E-state index in [-0.39, 0.29) is 18.1 Å². The SMILES string of the molecule is COCCNC(=O)[C@@H]1C[C@@H]2[C@@H](CCN2Cc2ccc(C)o2)O1.O=C(O)C(F)(F)F. The maximum atomic E-state index is 12.1. The Morgan fingerprint density at radius 1 is 1.38 bits per heavy atom. The molecular weight excluding hydrogens is 397 g/mol. The minimum atomic E-state index is -5.08. The summed E-state index contributed by atoms with van der Waals surface area (Å²) in [5, 5.41) is 9.98. The number of carbonyl (C=O) groups is 2. The summed E-state index contributed by atoms with van der Waals surface area (Å²) in [5.41, 5.74) is 0. The van der Waals surface area contributed by atoms with E-state index in [1.54, 1.807) is 7.11 Å². The van der Waals surface area contributed by atoms with E-state index in [2.05, 4.69) is 10.2 Å². The molecule has 3 atom stereocenters. The maximum Gasteiger partial charge on any atom is 0.490 e. The van der Waals surface area contributed by atoms with Gasteiger partial charge >= 0.3 is 12.1 Å². The Hall–Kier alpha value is -2.11. The van der Waals surface area contributed by atoms with Gasteiger partial charge in [-0.25, -0.2) is 4.79 Å². The lowest BCUT2D eigenvalue weighted by Gasteiger charge is -2.21. The minimum Gasteiger partial charge on any atom is -0.475 e. The van der Waals surface area contributed by atoms with Crippen LogP contribution in [0.15, 0.2) is 16.5 Å². The monoisotopic (exact) mass is 422 g/mol. The Labute approximate surface area is 165 Å². The zero-order valence-corrected chi connectivity index (χ0v) is 16.2. The zero-order valence-electron chi connectivity index (χ0n) is 16.2. The van der Waals surface area contributed by atoms with Crippen molar-refractivity contribution in [2.24, 2.45) is 0 Å². The number of likely N-dealkylation sites (tertiary alicyclic amines) is 1. The molecule has 164 valence electrons. The number of nitrogens with one attached hydrogen (secondary N) is 1. The average molecular weight is 422 g/mol. The molecule has 1 aromatic rings. The molecule has 0 unspecified atom stereocenters. The second kappa shape index (κ2) is 10.1. The van der Waals surface area contributed by atoms with Gasteiger partial charge in [-0.3, -0.25) is 9.69 Å². The van der Waals surface area contributed by atoms with Gasteiger partial charge in [0.1, 0.15) is 17.6 Å². The largest absolute Gasteiger partial charge is 0.490 e. The highest BCUT2D eigenvalue weighted by molar-refractivity contribution is 5.81. The number of aryl methyl sites for hydroxylation is 1. The Morgan fingerprint density at radius 2 is 2.07 bits per heavy atom. The first kappa shape index (κ1) is 23.2. The fourth-order valence-electron chi connectivity index (χ4n) is 3.36. The second-order valence-corrected chi connectivity index (χ2v) is 6.82. The van der Waals surface area contributed by atoms with Crippen molar-refractivity contribution in [2.45, 2.75) is 50.7 Å². The van der Waals surface area contributed by atoms with E-state index in [0.717, 1.165) is 37.5 Å². The molecule has 2 aliphatic heterocycles. The number of carboxylic acids is 1. The predicted molar refractivity (Wildman–Crippen MR) is 94.1 cm³/mol. The first-order chi connectivity index (χ1) is 13.6. The van der Waals surface area contributed by atoms with E-state index in [4.69, 9.17) is 23.8 Å². The standard InChI is InChI=1S/C16H24N2O4.C2HF3O2/c1-11-3-4-12(21-11)10-18-7-5-14-13(18)9-15(22-14)16(19)17-6-8-20-2;3-2(4,5)1(6)7/h3-4,13-15H,5-10H2,1-2H3,(H,17,19);(H,6,7)/t13-,14-,15+;/m1./s1. The van der Waals surface area contributed by atoms with Crippen molar-refractivity contribution in [3.8, 4) is 0 Å². The topological polar surface area (TPSA) is 101 Å². The summed E-state index contributed by atoms with van der Waals surface area (Å²) in [5.74, 6) is -0.872. The van der Waals surface area contributed by atoms with Crippen molar-refractivity contribution in [3.63, 3.8) is 0 Å². The number of amides is 1. The fraction of sp³-hybridized carbons (Fsp3) is 0.667. The summed E-state index contributed by atoms with van der Waals surface area (Å²) in [6, 6.07) is 4.32. The number of methoxy groups -OCH3 is 1. The van der Waals surface area contributed by atoms with Gasteiger partial charge in [-0.2, -0.15) is 13.2 Å². The summed E-state index contributed by atoms with van der Waals surface area (Å²) in [7, 11) is 1.62. The average Bonchev–Trinajstić information content (AvgIpc) is 3.32. The molecular formula is C18H25F3N2O6. The van der Waals surface area contributed by atoms with Crippen molar-refractivity contribution < 1.29 is 41.8 Å². The maximum absolute atomic E-state index is 12.1. The minimum absolute atomic E-state index is 0.0276. The molecule has 2 fully saturated rings. The molecule has 0 saturated carbocycles. The Morgan fingerprint density at radius 3 is 2.62 bits per heavy atom. The lowest BCUT2D eigenvalue weighted by Crippen LogP contribution is -2.37. The number of rotatable bonds is 6. The van der Waals surface area contributed by atoms with Gasteiger partial charge in [0.05, 0.1) is 19.3 Å². The Bertz CT molecular complexity index is 693. The van der Waals surface area contributed by atoms with Crippen molar-refractivity contribution >= 4 is 11.9 Å². The summed E-state index contributed by atoms with van der Waals surface area (Å²) in [6.45, 7) is 4.79. The molecule has 3 rings (SSSR count). The van der Waals surface area contributed by atoms with Crippen LogP contribution in [0.4, 0.5) is 13.2 Å². The number of hydrogen-bond acceptors (Lipinski definition) is 6. The number of carbonyl (C=O) groups excluding carboxylic acids is 1. The summed E-state index contributed by atoms with van der Waals surface area (Å²) < 4.78 is 48.3. The van der Waals surface area contributed by atoms with Gasteiger partial charge in [0, 0.05) is 32.7 Å². The number of fused-ring (bicyclic) bond motifs is 1. The third-order valence-electron chi connectivity index (χ3n) is 4.69. The number of halogens is 3. The van der Waals surface area contributed by atoms with Gasteiger partial charge in [0.15, 0.2) is 0 Å². The smallest absolute Gasteiger partial charge is 0.475 e. The number of ether oxygens (including phenoxy) is 2. The number of carboxylic acid groups (broad SMARTS) is 1. The third-order valence-corrected chi connectivity index (χ3v) is 4.69. The van der Waals surface area contributed by atoms with Crippen LogP contribution in [0.2, 0.25) is 0 Å². The number of aliphatic carboxylic acids is 1. The molecule has 1 aromatic heterocycles. The molecule has 1 amide bonds. The van der Waals surface area contributed by atoms with Crippen LogP contribution < -0.4 is 5.32 Å². The normalized spacial score (nSPS) is 24.0. The molecule has 8 nitrogen and oxygen atoms in total. The van der Waals surface area contributed by atoms with E-state index < -0.39 is 12.1 Å². The summed E-state index contributed by atoms with van der Waals surface area (Å²) in [4.78, 5) is 23.4. The molecule has 3 heterocycles. The van der Waals surface area contributed by atoms with Gasteiger partial charge < -0.3 is 24.3 Å². The van der Waals surface area contributed by atoms with Gasteiger partial charge in [-0.05, 0) is 25.5 Å². The number of hydrogen-bond donors (Lipinski definition) is 2. The van der Waals surface area contributed by atoms with Gasteiger partial charge in [-0.15, -0.1) is 0 Å². The molecule has 11 heteroatoms. The molecule has 0 aromatic carbocycles. The van der Waals surface area contributed by atoms with Crippen molar-refractivity contribution in [2.75, 3.05) is 26.8 Å². The highest BCUT2D eigenvalue weighted by Gasteiger charge is 2.45. The Balaban J connectivity index is 0.000000370.